The summed E-state index contributed by atoms with van der Waals surface area (Å²) in [5, 5.41) is 14.4. The molecule has 310 valence electrons. The highest BCUT2D eigenvalue weighted by Gasteiger charge is 2.80. The van der Waals surface area contributed by atoms with Gasteiger partial charge in [0.25, 0.3) is 0 Å². The third kappa shape index (κ3) is 5.00. The van der Waals surface area contributed by atoms with Crippen LogP contribution in [0.15, 0.2) is 48.6 Å². The summed E-state index contributed by atoms with van der Waals surface area (Å²) < 4.78 is 24.0. The van der Waals surface area contributed by atoms with Crippen LogP contribution in [0, 0.1) is 17.3 Å². The monoisotopic (exact) mass is 794 g/mol. The molecule has 2 aromatic carbocycles. The topological polar surface area (TPSA) is 134 Å². The Kier molecular flexibility index (Phi) is 9.33. The average Bonchev–Trinajstić information content (AvgIpc) is 3.89. The van der Waals surface area contributed by atoms with Gasteiger partial charge in [-0.3, -0.25) is 14.5 Å². The molecule has 9 rings (SSSR count). The Hall–Kier alpha value is -4.39. The number of rotatable bonds is 7. The molecular weight excluding hydrogens is 737 g/mol. The van der Waals surface area contributed by atoms with Gasteiger partial charge in [-0.15, -0.1) is 0 Å². The normalized spacial score (nSPS) is 36.1. The number of para-hydroxylation sites is 1. The molecule has 1 saturated carbocycles. The van der Waals surface area contributed by atoms with E-state index in [9.17, 15) is 14.7 Å². The molecule has 10 atom stereocenters. The summed E-state index contributed by atoms with van der Waals surface area (Å²) >= 11 is 0. The van der Waals surface area contributed by atoms with E-state index < -0.39 is 45.9 Å². The lowest BCUT2D eigenvalue weighted by atomic mass is 9.47. The Morgan fingerprint density at radius 2 is 1.76 bits per heavy atom. The molecule has 1 aromatic heterocycles. The van der Waals surface area contributed by atoms with Gasteiger partial charge in [0.05, 0.1) is 27.4 Å². The summed E-state index contributed by atoms with van der Waals surface area (Å²) in [5.74, 6) is -0.578. The van der Waals surface area contributed by atoms with Crippen LogP contribution in [0.2, 0.25) is 0 Å². The number of aromatic nitrogens is 1. The first-order chi connectivity index (χ1) is 27.9. The molecule has 6 heterocycles. The third-order valence-corrected chi connectivity index (χ3v) is 15.5. The van der Waals surface area contributed by atoms with Crippen molar-refractivity contribution in [3.63, 3.8) is 0 Å². The second-order valence-corrected chi connectivity index (χ2v) is 18.0. The number of aliphatic hydroxyl groups is 1. The molecule has 3 aromatic rings. The minimum Gasteiger partial charge on any atom is -0.496 e. The number of nitrogens with one attached hydrogen (secondary N) is 1. The van der Waals surface area contributed by atoms with Gasteiger partial charge in [0.2, 0.25) is 5.60 Å². The van der Waals surface area contributed by atoms with Gasteiger partial charge in [-0.2, -0.15) is 0 Å². The lowest BCUT2D eigenvalue weighted by Gasteiger charge is -2.63. The maximum atomic E-state index is 15.3. The molecule has 4 unspecified atom stereocenters. The van der Waals surface area contributed by atoms with E-state index in [-0.39, 0.29) is 17.9 Å². The number of carbonyl (C=O) groups is 3. The van der Waals surface area contributed by atoms with Crippen molar-refractivity contribution < 1.29 is 38.4 Å². The molecule has 5 aliphatic heterocycles. The predicted octanol–water partition coefficient (Wildman–Crippen LogP) is 4.88. The van der Waals surface area contributed by atoms with Crippen LogP contribution in [-0.2, 0) is 45.8 Å². The summed E-state index contributed by atoms with van der Waals surface area (Å²) in [6, 6.07) is 11.3. The molecule has 3 fully saturated rings. The van der Waals surface area contributed by atoms with Crippen molar-refractivity contribution in [3.8, 4) is 5.75 Å². The predicted molar refractivity (Wildman–Crippen MR) is 219 cm³/mol. The third-order valence-electron chi connectivity index (χ3n) is 15.5. The Morgan fingerprint density at radius 1 is 0.983 bits per heavy atom. The van der Waals surface area contributed by atoms with Crippen LogP contribution in [-0.4, -0.2) is 123 Å². The fraction of sp³-hybridized carbons (Fsp3) is 0.587. The van der Waals surface area contributed by atoms with Crippen LogP contribution >= 0.6 is 0 Å². The van der Waals surface area contributed by atoms with Crippen molar-refractivity contribution in [1.29, 1.82) is 0 Å². The van der Waals surface area contributed by atoms with Crippen LogP contribution in [0.3, 0.4) is 0 Å². The number of carbonyl (C=O) groups excluding carboxylic acids is 3. The zero-order valence-corrected chi connectivity index (χ0v) is 34.9. The van der Waals surface area contributed by atoms with Crippen molar-refractivity contribution >= 4 is 34.5 Å². The Bertz CT molecular complexity index is 2200. The van der Waals surface area contributed by atoms with Gasteiger partial charge in [0.15, 0.2) is 6.10 Å². The summed E-state index contributed by atoms with van der Waals surface area (Å²) in [7, 11) is 6.28. The van der Waals surface area contributed by atoms with E-state index in [4.69, 9.17) is 18.9 Å². The highest BCUT2D eigenvalue weighted by molar-refractivity contribution is 5.95. The number of nitrogens with zero attached hydrogens (tertiary/aromatic N) is 3. The lowest BCUT2D eigenvalue weighted by molar-refractivity contribution is -0.228. The van der Waals surface area contributed by atoms with E-state index in [0.29, 0.717) is 49.6 Å². The number of esters is 3. The Balaban J connectivity index is 1.36. The molecule has 58 heavy (non-hydrogen) atoms. The number of aromatic amines is 1. The van der Waals surface area contributed by atoms with Gasteiger partial charge in [0.1, 0.15) is 11.2 Å². The molecule has 6 aliphatic rings. The zero-order chi connectivity index (χ0) is 40.9. The Morgan fingerprint density at radius 3 is 2.47 bits per heavy atom. The minimum atomic E-state index is -2.27. The molecule has 1 spiro atoms. The zero-order valence-electron chi connectivity index (χ0n) is 34.9. The van der Waals surface area contributed by atoms with Gasteiger partial charge in [-0.05, 0) is 73.7 Å². The first-order valence-electron chi connectivity index (χ1n) is 21.2. The summed E-state index contributed by atoms with van der Waals surface area (Å²) in [4.78, 5) is 53.5. The number of likely N-dealkylation sites (N-methyl/N-ethyl adjacent to an activating group) is 1. The average molecular weight is 795 g/mol. The lowest BCUT2D eigenvalue weighted by Crippen LogP contribution is -2.81. The quantitative estimate of drug-likeness (QED) is 0.193. The van der Waals surface area contributed by atoms with Gasteiger partial charge < -0.3 is 38.8 Å². The van der Waals surface area contributed by atoms with E-state index in [0.717, 1.165) is 72.3 Å². The highest BCUT2D eigenvalue weighted by atomic mass is 16.6. The summed E-state index contributed by atoms with van der Waals surface area (Å²) in [5.41, 5.74) is -0.0554. The Labute approximate surface area is 340 Å². The number of H-pyrrole nitrogens is 1. The number of fused-ring (bicyclic) bond motifs is 6. The number of ether oxygens (including phenoxy) is 4. The molecule has 2 N–H and O–H groups in total. The van der Waals surface area contributed by atoms with Crippen LogP contribution in [0.5, 0.6) is 5.75 Å². The van der Waals surface area contributed by atoms with Crippen LogP contribution in [0.25, 0.3) is 10.9 Å². The molecule has 0 amide bonds. The molecule has 2 saturated heterocycles. The summed E-state index contributed by atoms with van der Waals surface area (Å²) in [6.45, 7) is 9.79. The van der Waals surface area contributed by atoms with Crippen LogP contribution < -0.4 is 9.64 Å². The largest absolute Gasteiger partial charge is 0.496 e. The standard InChI is InChI=1S/C46H58N4O8/c1-8-28-21-29-24-45(41(52)56-6,37-31(15-19-49(25-28)26-29)30-13-10-11-14-34(30)47-37)33-22-32-35(23-36(33)55-5)48(4)39-44(32)17-20-50-18-12-16-43(9-2,38(44)50)40(58-27(3)51)46(39,54)42(53)57-7/h10-14,16,22-23,28-29,38-40,47,54H,8-9,15,17-21,24-26H2,1-7H3/t28?,29?,38?,39-,40-,43-,44-,45+,46+/m1/s1. The number of hydrogen-bond acceptors (Lipinski definition) is 11. The number of anilines is 1. The maximum absolute atomic E-state index is 15.3. The van der Waals surface area contributed by atoms with Gasteiger partial charge in [-0.25, -0.2) is 4.79 Å². The van der Waals surface area contributed by atoms with Gasteiger partial charge in [-0.1, -0.05) is 50.6 Å². The number of hydrogen-bond donors (Lipinski definition) is 2. The smallest absolute Gasteiger partial charge is 0.344 e. The van der Waals surface area contributed by atoms with Crippen molar-refractivity contribution in [1.82, 2.24) is 14.8 Å². The summed E-state index contributed by atoms with van der Waals surface area (Å²) in [6.07, 6.45) is 7.33. The highest BCUT2D eigenvalue weighted by Crippen LogP contribution is 2.68. The minimum absolute atomic E-state index is 0.184. The van der Waals surface area contributed by atoms with Crippen LogP contribution in [0.1, 0.15) is 75.3 Å². The second-order valence-electron chi connectivity index (χ2n) is 18.0. The van der Waals surface area contributed by atoms with Crippen molar-refractivity contribution in [2.24, 2.45) is 17.3 Å². The van der Waals surface area contributed by atoms with Gasteiger partial charge >= 0.3 is 17.9 Å². The van der Waals surface area contributed by atoms with E-state index in [2.05, 4.69) is 58.1 Å². The maximum Gasteiger partial charge on any atom is 0.344 e. The van der Waals surface area contributed by atoms with E-state index >= 15 is 4.79 Å². The van der Waals surface area contributed by atoms with Crippen molar-refractivity contribution in [2.75, 3.05) is 66.0 Å². The van der Waals surface area contributed by atoms with E-state index in [1.807, 2.05) is 31.0 Å². The van der Waals surface area contributed by atoms with Crippen LogP contribution in [0.4, 0.5) is 5.69 Å². The molecule has 0 radical (unpaired) electrons. The molecule has 2 bridgehead atoms. The first-order valence-corrected chi connectivity index (χ1v) is 21.2. The fourth-order valence-electron chi connectivity index (χ4n) is 13.5. The molecule has 12 nitrogen and oxygen atoms in total. The molecule has 1 aliphatic carbocycles. The molecule has 12 heteroatoms. The second kappa shape index (κ2) is 13.8. The number of benzene rings is 2. The van der Waals surface area contributed by atoms with Gasteiger partial charge in [0, 0.05) is 90.9 Å². The fourth-order valence-corrected chi connectivity index (χ4v) is 13.5. The number of methoxy groups -OCH3 is 3. The molecular formula is C46H58N4O8. The number of piperidine rings is 1. The van der Waals surface area contributed by atoms with E-state index in [1.54, 1.807) is 7.11 Å². The van der Waals surface area contributed by atoms with Crippen molar-refractivity contribution in [2.45, 2.75) is 93.9 Å². The van der Waals surface area contributed by atoms with E-state index in [1.165, 1.54) is 21.1 Å². The van der Waals surface area contributed by atoms with Crippen molar-refractivity contribution in [3.05, 3.63) is 70.9 Å². The SMILES string of the molecule is CCC1CC2CN(CCc3c([nH]c4ccccc34)[C@@](C(=O)OC)(c3cc4c(cc3OC)N(C)[C@H]3[C@@](O)(C(=O)OC)[C@H](OC(C)=O)[C@]5(CC)C=CCN6CC[C@]43C65)C2)C1. The first kappa shape index (κ1) is 39.1.